The Labute approximate surface area is 161 Å². The number of amides is 1. The van der Waals surface area contributed by atoms with Crippen LogP contribution in [-0.2, 0) is 12.0 Å². The van der Waals surface area contributed by atoms with Gasteiger partial charge in [0, 0.05) is 31.1 Å². The van der Waals surface area contributed by atoms with Crippen molar-refractivity contribution in [3.8, 4) is 0 Å². The Hall–Kier alpha value is -2.82. The predicted molar refractivity (Wildman–Crippen MR) is 110 cm³/mol. The van der Waals surface area contributed by atoms with Crippen LogP contribution in [0.15, 0.2) is 59.6 Å². The van der Waals surface area contributed by atoms with Gasteiger partial charge in [-0.15, -0.1) is 0 Å². The third-order valence-corrected chi connectivity index (χ3v) is 5.44. The summed E-state index contributed by atoms with van der Waals surface area (Å²) in [5, 5.41) is 6.84. The summed E-state index contributed by atoms with van der Waals surface area (Å²) in [5.74, 6) is 0.354. The van der Waals surface area contributed by atoms with E-state index in [-0.39, 0.29) is 5.41 Å². The maximum atomic E-state index is 11.3. The molecule has 1 aliphatic rings. The molecule has 0 spiro atoms. The molecule has 4 N–H and O–H groups in total. The highest BCUT2D eigenvalue weighted by molar-refractivity contribution is 5.92. The number of hydrogen-bond donors (Lipinski definition) is 3. The molecule has 0 atom stereocenters. The van der Waals surface area contributed by atoms with E-state index in [1.54, 1.807) is 13.1 Å². The normalized spacial score (nSPS) is 16.1. The maximum absolute atomic E-state index is 11.3. The summed E-state index contributed by atoms with van der Waals surface area (Å²) in [6.07, 6.45) is 4.92. The number of rotatable bonds is 6. The van der Waals surface area contributed by atoms with E-state index in [1.165, 1.54) is 31.2 Å². The van der Waals surface area contributed by atoms with Gasteiger partial charge in [-0.05, 0) is 36.1 Å². The van der Waals surface area contributed by atoms with Crippen molar-refractivity contribution in [1.29, 1.82) is 0 Å². The highest BCUT2D eigenvalue weighted by Gasteiger charge is 2.35. The van der Waals surface area contributed by atoms with E-state index in [0.717, 1.165) is 18.1 Å². The Kier molecular flexibility index (Phi) is 6.12. The first kappa shape index (κ1) is 19.0. The Morgan fingerprint density at radius 1 is 1.07 bits per heavy atom. The standard InChI is InChI=1S/C22H28N4O/c1-24-21(25-15-17-8-7-9-18(14-17)20(23)27)26-16-22(12-5-6-13-22)19-10-3-2-4-11-19/h2-4,7-11,14H,5-6,12-13,15-16H2,1H3,(H2,23,27)(H2,24,25,26). The number of primary amides is 1. The number of aliphatic imine (C=N–C) groups is 1. The van der Waals surface area contributed by atoms with E-state index in [0.29, 0.717) is 12.1 Å². The van der Waals surface area contributed by atoms with Crippen LogP contribution in [-0.4, -0.2) is 25.5 Å². The molecule has 3 rings (SSSR count). The van der Waals surface area contributed by atoms with E-state index in [4.69, 9.17) is 5.73 Å². The van der Waals surface area contributed by atoms with Crippen molar-refractivity contribution in [3.63, 3.8) is 0 Å². The maximum Gasteiger partial charge on any atom is 0.248 e. The second-order valence-corrected chi connectivity index (χ2v) is 7.20. The summed E-state index contributed by atoms with van der Waals surface area (Å²) in [4.78, 5) is 15.7. The lowest BCUT2D eigenvalue weighted by Gasteiger charge is -2.30. The Morgan fingerprint density at radius 3 is 2.48 bits per heavy atom. The lowest BCUT2D eigenvalue weighted by Crippen LogP contribution is -2.44. The molecule has 0 saturated heterocycles. The molecule has 1 aliphatic carbocycles. The van der Waals surface area contributed by atoms with Crippen molar-refractivity contribution in [2.75, 3.05) is 13.6 Å². The summed E-state index contributed by atoms with van der Waals surface area (Å²) in [5.41, 5.74) is 8.44. The molecule has 0 bridgehead atoms. The average Bonchev–Trinajstić information content (AvgIpc) is 3.19. The molecule has 1 amide bonds. The predicted octanol–water partition coefficient (Wildman–Crippen LogP) is 2.96. The molecule has 142 valence electrons. The zero-order valence-electron chi connectivity index (χ0n) is 15.9. The van der Waals surface area contributed by atoms with Crippen molar-refractivity contribution >= 4 is 11.9 Å². The van der Waals surface area contributed by atoms with Gasteiger partial charge >= 0.3 is 0 Å². The van der Waals surface area contributed by atoms with Gasteiger partial charge in [-0.2, -0.15) is 0 Å². The summed E-state index contributed by atoms with van der Waals surface area (Å²) < 4.78 is 0. The molecule has 0 unspecified atom stereocenters. The first-order valence-electron chi connectivity index (χ1n) is 9.52. The van der Waals surface area contributed by atoms with Crippen LogP contribution in [0, 0.1) is 0 Å². The first-order valence-corrected chi connectivity index (χ1v) is 9.52. The molecule has 0 heterocycles. The summed E-state index contributed by atoms with van der Waals surface area (Å²) >= 11 is 0. The third-order valence-electron chi connectivity index (χ3n) is 5.44. The molecule has 5 nitrogen and oxygen atoms in total. The highest BCUT2D eigenvalue weighted by atomic mass is 16.1. The SMILES string of the molecule is CN=C(NCc1cccc(C(N)=O)c1)NCC1(c2ccccc2)CCCC1. The highest BCUT2D eigenvalue weighted by Crippen LogP contribution is 2.40. The quantitative estimate of drug-likeness (QED) is 0.545. The van der Waals surface area contributed by atoms with Crippen molar-refractivity contribution < 1.29 is 4.79 Å². The Balaban J connectivity index is 1.62. The number of benzene rings is 2. The van der Waals surface area contributed by atoms with Gasteiger partial charge in [-0.3, -0.25) is 9.79 Å². The molecule has 27 heavy (non-hydrogen) atoms. The van der Waals surface area contributed by atoms with E-state index in [9.17, 15) is 4.79 Å². The topological polar surface area (TPSA) is 79.5 Å². The van der Waals surface area contributed by atoms with Crippen LogP contribution in [0.3, 0.4) is 0 Å². The minimum Gasteiger partial charge on any atom is -0.366 e. The molecular weight excluding hydrogens is 336 g/mol. The zero-order chi connectivity index (χ0) is 19.1. The molecule has 2 aromatic rings. The molecule has 1 fully saturated rings. The van der Waals surface area contributed by atoms with E-state index in [1.807, 2.05) is 18.2 Å². The van der Waals surface area contributed by atoms with Crippen LogP contribution >= 0.6 is 0 Å². The Bertz CT molecular complexity index is 795. The molecule has 5 heteroatoms. The summed E-state index contributed by atoms with van der Waals surface area (Å²) in [6.45, 7) is 1.44. The first-order chi connectivity index (χ1) is 13.1. The van der Waals surface area contributed by atoms with Gasteiger partial charge in [0.05, 0.1) is 0 Å². The number of hydrogen-bond acceptors (Lipinski definition) is 2. The fourth-order valence-electron chi connectivity index (χ4n) is 3.90. The molecule has 1 saturated carbocycles. The smallest absolute Gasteiger partial charge is 0.248 e. The summed E-state index contributed by atoms with van der Waals surface area (Å²) in [6, 6.07) is 18.1. The zero-order valence-corrected chi connectivity index (χ0v) is 15.9. The van der Waals surface area contributed by atoms with Gasteiger partial charge in [-0.1, -0.05) is 55.3 Å². The van der Waals surface area contributed by atoms with Crippen molar-refractivity contribution in [3.05, 3.63) is 71.3 Å². The number of nitrogens with two attached hydrogens (primary N) is 1. The largest absolute Gasteiger partial charge is 0.366 e. The van der Waals surface area contributed by atoms with Gasteiger partial charge < -0.3 is 16.4 Å². The molecule has 2 aromatic carbocycles. The fraction of sp³-hybridized carbons (Fsp3) is 0.364. The van der Waals surface area contributed by atoms with E-state index < -0.39 is 5.91 Å². The van der Waals surface area contributed by atoms with Crippen LogP contribution in [0.1, 0.15) is 47.2 Å². The number of nitrogens with zero attached hydrogens (tertiary/aromatic N) is 1. The minimum absolute atomic E-state index is 0.171. The van der Waals surface area contributed by atoms with Crippen molar-refractivity contribution in [2.45, 2.75) is 37.6 Å². The second kappa shape index (κ2) is 8.71. The fourth-order valence-corrected chi connectivity index (χ4v) is 3.90. The monoisotopic (exact) mass is 364 g/mol. The van der Waals surface area contributed by atoms with Gasteiger partial charge in [0.2, 0.25) is 5.91 Å². The van der Waals surface area contributed by atoms with Crippen LogP contribution in [0.25, 0.3) is 0 Å². The lowest BCUT2D eigenvalue weighted by atomic mass is 9.79. The lowest BCUT2D eigenvalue weighted by molar-refractivity contribution is 0.1000. The third kappa shape index (κ3) is 4.67. The van der Waals surface area contributed by atoms with Crippen LogP contribution in [0.2, 0.25) is 0 Å². The molecule has 0 radical (unpaired) electrons. The van der Waals surface area contributed by atoms with Gasteiger partial charge in [0.15, 0.2) is 5.96 Å². The van der Waals surface area contributed by atoms with Crippen LogP contribution in [0.4, 0.5) is 0 Å². The number of carbonyl (C=O) groups excluding carboxylic acids is 1. The van der Waals surface area contributed by atoms with Crippen molar-refractivity contribution in [1.82, 2.24) is 10.6 Å². The Morgan fingerprint density at radius 2 is 1.81 bits per heavy atom. The van der Waals surface area contributed by atoms with Crippen LogP contribution in [0.5, 0.6) is 0 Å². The average molecular weight is 364 g/mol. The summed E-state index contributed by atoms with van der Waals surface area (Å²) in [7, 11) is 1.78. The van der Waals surface area contributed by atoms with Gasteiger partial charge in [0.1, 0.15) is 0 Å². The van der Waals surface area contributed by atoms with Gasteiger partial charge in [-0.25, -0.2) is 0 Å². The van der Waals surface area contributed by atoms with E-state index in [2.05, 4.69) is 46.0 Å². The van der Waals surface area contributed by atoms with E-state index >= 15 is 0 Å². The minimum atomic E-state index is -0.412. The molecular formula is C22H28N4O. The van der Waals surface area contributed by atoms with Crippen LogP contribution < -0.4 is 16.4 Å². The molecule has 0 aliphatic heterocycles. The number of guanidine groups is 1. The van der Waals surface area contributed by atoms with Gasteiger partial charge in [0.25, 0.3) is 0 Å². The number of carbonyl (C=O) groups is 1. The second-order valence-electron chi connectivity index (χ2n) is 7.20. The molecule has 0 aromatic heterocycles. The van der Waals surface area contributed by atoms with Crippen molar-refractivity contribution in [2.24, 2.45) is 10.7 Å². The number of nitrogens with one attached hydrogen (secondary N) is 2.